The van der Waals surface area contributed by atoms with Crippen molar-refractivity contribution in [3.8, 4) is 0 Å². The molecule has 0 fully saturated rings. The molecule has 0 amide bonds. The molecule has 5 heteroatoms. The van der Waals surface area contributed by atoms with Crippen LogP contribution in [0, 0.1) is 0 Å². The lowest BCUT2D eigenvalue weighted by Crippen LogP contribution is -2.15. The van der Waals surface area contributed by atoms with E-state index < -0.39 is 5.60 Å². The molecule has 0 aromatic carbocycles. The normalized spacial score (nSPS) is 12.0. The Morgan fingerprint density at radius 3 is 2.59 bits per heavy atom. The number of aliphatic hydroxyl groups is 1. The molecule has 4 nitrogen and oxygen atoms in total. The Balaban J connectivity index is 2.11. The van der Waals surface area contributed by atoms with E-state index in [-0.39, 0.29) is 0 Å². The van der Waals surface area contributed by atoms with Crippen LogP contribution in [-0.2, 0) is 18.6 Å². The van der Waals surface area contributed by atoms with Gasteiger partial charge in [0.15, 0.2) is 0 Å². The summed E-state index contributed by atoms with van der Waals surface area (Å²) >= 11 is 1.79. The minimum Gasteiger partial charge on any atom is -0.384 e. The van der Waals surface area contributed by atoms with Gasteiger partial charge < -0.3 is 5.11 Å². The highest BCUT2D eigenvalue weighted by atomic mass is 32.1. The predicted molar refractivity (Wildman–Crippen MR) is 68.1 cm³/mol. The van der Waals surface area contributed by atoms with Crippen LogP contribution in [0.15, 0.2) is 18.3 Å². The lowest BCUT2D eigenvalue weighted by atomic mass is 10.1. The van der Waals surface area contributed by atoms with Crippen molar-refractivity contribution in [3.63, 3.8) is 0 Å². The Kier molecular flexibility index (Phi) is 3.31. The van der Waals surface area contributed by atoms with Crippen molar-refractivity contribution < 1.29 is 5.11 Å². The summed E-state index contributed by atoms with van der Waals surface area (Å²) in [5.74, 6) is 0. The molecule has 0 unspecified atom stereocenters. The summed E-state index contributed by atoms with van der Waals surface area (Å²) in [6, 6.07) is 4.27. The Bertz CT molecular complexity index is 496. The van der Waals surface area contributed by atoms with Crippen LogP contribution in [0.1, 0.15) is 36.2 Å². The fourth-order valence-corrected chi connectivity index (χ4v) is 2.46. The zero-order valence-electron chi connectivity index (χ0n) is 10.3. The molecule has 92 valence electrons. The summed E-state index contributed by atoms with van der Waals surface area (Å²) < 4.78 is 1.76. The van der Waals surface area contributed by atoms with Crippen molar-refractivity contribution in [3.05, 3.63) is 33.8 Å². The van der Waals surface area contributed by atoms with E-state index in [1.54, 1.807) is 36.1 Å². The number of nitrogens with zero attached hydrogens (tertiary/aromatic N) is 3. The first-order chi connectivity index (χ1) is 7.99. The van der Waals surface area contributed by atoms with Crippen LogP contribution in [0.4, 0.5) is 0 Å². The van der Waals surface area contributed by atoms with Crippen LogP contribution in [0.2, 0.25) is 0 Å². The van der Waals surface area contributed by atoms with E-state index in [0.717, 1.165) is 6.42 Å². The van der Waals surface area contributed by atoms with E-state index >= 15 is 0 Å². The maximum Gasteiger partial charge on any atom is 0.114 e. The van der Waals surface area contributed by atoms with E-state index in [1.165, 1.54) is 9.75 Å². The summed E-state index contributed by atoms with van der Waals surface area (Å²) in [6.45, 7) is 6.29. The number of hydrogen-bond donors (Lipinski definition) is 1. The second-order valence-electron chi connectivity index (χ2n) is 4.58. The third-order valence-electron chi connectivity index (χ3n) is 2.55. The van der Waals surface area contributed by atoms with E-state index in [0.29, 0.717) is 12.2 Å². The van der Waals surface area contributed by atoms with Crippen LogP contribution < -0.4 is 0 Å². The molecule has 0 atom stereocenters. The van der Waals surface area contributed by atoms with Crippen LogP contribution in [0.25, 0.3) is 0 Å². The van der Waals surface area contributed by atoms with Crippen molar-refractivity contribution in [1.82, 2.24) is 15.0 Å². The zero-order valence-corrected chi connectivity index (χ0v) is 11.2. The van der Waals surface area contributed by atoms with Gasteiger partial charge in [-0.05, 0) is 32.4 Å². The molecular formula is C12H17N3OS. The van der Waals surface area contributed by atoms with Gasteiger partial charge in [-0.3, -0.25) is 0 Å². The molecule has 0 bridgehead atoms. The maximum atomic E-state index is 9.80. The molecule has 0 aliphatic rings. The molecule has 0 saturated carbocycles. The Labute approximate surface area is 105 Å². The van der Waals surface area contributed by atoms with E-state index in [1.807, 2.05) is 0 Å². The number of aromatic nitrogens is 3. The van der Waals surface area contributed by atoms with Gasteiger partial charge in [0.1, 0.15) is 11.3 Å². The second-order valence-corrected chi connectivity index (χ2v) is 5.83. The van der Waals surface area contributed by atoms with Gasteiger partial charge in [0.2, 0.25) is 0 Å². The lowest BCUT2D eigenvalue weighted by Gasteiger charge is -2.11. The van der Waals surface area contributed by atoms with Crippen LogP contribution in [0.5, 0.6) is 0 Å². The molecule has 0 radical (unpaired) electrons. The third kappa shape index (κ3) is 2.92. The van der Waals surface area contributed by atoms with Crippen molar-refractivity contribution in [1.29, 1.82) is 0 Å². The highest BCUT2D eigenvalue weighted by Gasteiger charge is 2.20. The van der Waals surface area contributed by atoms with E-state index in [4.69, 9.17) is 0 Å². The van der Waals surface area contributed by atoms with Gasteiger partial charge in [-0.25, -0.2) is 4.68 Å². The van der Waals surface area contributed by atoms with Crippen molar-refractivity contribution in [2.45, 2.75) is 39.3 Å². The molecule has 2 aromatic rings. The van der Waals surface area contributed by atoms with Gasteiger partial charge in [-0.1, -0.05) is 12.1 Å². The third-order valence-corrected chi connectivity index (χ3v) is 3.76. The lowest BCUT2D eigenvalue weighted by molar-refractivity contribution is 0.0737. The van der Waals surface area contributed by atoms with Gasteiger partial charge >= 0.3 is 0 Å². The first kappa shape index (κ1) is 12.3. The van der Waals surface area contributed by atoms with Gasteiger partial charge in [0, 0.05) is 9.75 Å². The average molecular weight is 251 g/mol. The summed E-state index contributed by atoms with van der Waals surface area (Å²) in [6.07, 6.45) is 2.86. The molecule has 2 heterocycles. The van der Waals surface area contributed by atoms with Crippen LogP contribution in [0.3, 0.4) is 0 Å². The number of rotatable bonds is 4. The highest BCUT2D eigenvalue weighted by Crippen LogP contribution is 2.19. The molecule has 0 aliphatic heterocycles. The first-order valence-electron chi connectivity index (χ1n) is 5.69. The van der Waals surface area contributed by atoms with Gasteiger partial charge in [-0.2, -0.15) is 0 Å². The number of aryl methyl sites for hydroxylation is 1. The molecule has 0 saturated heterocycles. The summed E-state index contributed by atoms with van der Waals surface area (Å²) in [5.41, 5.74) is -0.327. The largest absolute Gasteiger partial charge is 0.384 e. The molecular weight excluding hydrogens is 234 g/mol. The topological polar surface area (TPSA) is 50.9 Å². The number of hydrogen-bond acceptors (Lipinski definition) is 4. The SMILES string of the molecule is CCc1ccc(Cn2cc(C(C)(C)O)nn2)s1. The van der Waals surface area contributed by atoms with Gasteiger partial charge in [0.25, 0.3) is 0 Å². The standard InChI is InChI=1S/C12H17N3OS/c1-4-9-5-6-10(17-9)7-15-8-11(13-14-15)12(2,3)16/h5-6,8,16H,4,7H2,1-3H3. The van der Waals surface area contributed by atoms with E-state index in [2.05, 4.69) is 29.4 Å². The highest BCUT2D eigenvalue weighted by molar-refractivity contribution is 7.11. The van der Waals surface area contributed by atoms with Gasteiger partial charge in [-0.15, -0.1) is 16.4 Å². The summed E-state index contributed by atoms with van der Waals surface area (Å²) in [7, 11) is 0. The molecule has 0 spiro atoms. The Morgan fingerprint density at radius 2 is 2.06 bits per heavy atom. The molecule has 1 N–H and O–H groups in total. The van der Waals surface area contributed by atoms with Gasteiger partial charge in [0.05, 0.1) is 12.7 Å². The molecule has 2 rings (SSSR count). The maximum absolute atomic E-state index is 9.80. The quantitative estimate of drug-likeness (QED) is 0.906. The Morgan fingerprint density at radius 1 is 1.35 bits per heavy atom. The monoisotopic (exact) mass is 251 g/mol. The van der Waals surface area contributed by atoms with Crippen molar-refractivity contribution in [2.75, 3.05) is 0 Å². The minimum absolute atomic E-state index is 0.602. The fourth-order valence-electron chi connectivity index (χ4n) is 1.51. The molecule has 17 heavy (non-hydrogen) atoms. The smallest absolute Gasteiger partial charge is 0.114 e. The van der Waals surface area contributed by atoms with Crippen LogP contribution >= 0.6 is 11.3 Å². The summed E-state index contributed by atoms with van der Waals surface area (Å²) in [4.78, 5) is 2.64. The van der Waals surface area contributed by atoms with E-state index in [9.17, 15) is 5.11 Å². The average Bonchev–Trinajstić information content (AvgIpc) is 2.86. The minimum atomic E-state index is -0.928. The Hall–Kier alpha value is -1.20. The zero-order chi connectivity index (χ0) is 12.5. The summed E-state index contributed by atoms with van der Waals surface area (Å²) in [5, 5.41) is 17.8. The number of thiophene rings is 1. The van der Waals surface area contributed by atoms with Crippen LogP contribution in [-0.4, -0.2) is 20.1 Å². The first-order valence-corrected chi connectivity index (χ1v) is 6.51. The van der Waals surface area contributed by atoms with Crippen molar-refractivity contribution >= 4 is 11.3 Å². The fraction of sp³-hybridized carbons (Fsp3) is 0.500. The second kappa shape index (κ2) is 4.58. The van der Waals surface area contributed by atoms with Crippen molar-refractivity contribution in [2.24, 2.45) is 0 Å². The molecule has 0 aliphatic carbocycles. The molecule has 2 aromatic heterocycles. The predicted octanol–water partition coefficient (Wildman–Crippen LogP) is 2.18.